The summed E-state index contributed by atoms with van der Waals surface area (Å²) in [6, 6.07) is 6.70. The van der Waals surface area contributed by atoms with Gasteiger partial charge in [0.25, 0.3) is 0 Å². The van der Waals surface area contributed by atoms with Gasteiger partial charge < -0.3 is 15.4 Å². The van der Waals surface area contributed by atoms with Crippen LogP contribution in [0.3, 0.4) is 0 Å². The van der Waals surface area contributed by atoms with Crippen LogP contribution in [0.1, 0.15) is 64.0 Å². The maximum atomic E-state index is 11.8. The number of anilines is 1. The van der Waals surface area contributed by atoms with Gasteiger partial charge in [0.2, 0.25) is 5.91 Å². The number of hydrogen-bond acceptors (Lipinski definition) is 4. The molecule has 2 saturated heterocycles. The summed E-state index contributed by atoms with van der Waals surface area (Å²) >= 11 is 0. The van der Waals surface area contributed by atoms with E-state index in [1.54, 1.807) is 6.92 Å². The molecule has 2 N–H and O–H groups in total. The molecular formula is C25H37N3O2. The lowest BCUT2D eigenvalue weighted by molar-refractivity contribution is -0.132. The zero-order valence-electron chi connectivity index (χ0n) is 18.9. The van der Waals surface area contributed by atoms with Crippen molar-refractivity contribution in [3.8, 4) is 0 Å². The molecule has 0 radical (unpaired) electrons. The molecule has 5 heteroatoms. The predicted molar refractivity (Wildman–Crippen MR) is 122 cm³/mol. The number of nitrogens with zero attached hydrogens (tertiary/aromatic N) is 2. The lowest BCUT2D eigenvalue weighted by Gasteiger charge is -2.50. The topological polar surface area (TPSA) is 58.8 Å². The van der Waals surface area contributed by atoms with E-state index in [4.69, 9.17) is 10.5 Å². The normalized spacial score (nSPS) is 24.4. The van der Waals surface area contributed by atoms with Crippen LogP contribution in [0.25, 0.3) is 5.57 Å². The van der Waals surface area contributed by atoms with E-state index >= 15 is 0 Å². The Morgan fingerprint density at radius 2 is 1.77 bits per heavy atom. The summed E-state index contributed by atoms with van der Waals surface area (Å²) in [5.41, 5.74) is 11.7. The molecule has 4 rings (SSSR count). The molecule has 1 aromatic rings. The largest absolute Gasteiger partial charge is 0.398 e. The number of nitrogens with two attached hydrogens (primary N) is 1. The Hall–Kier alpha value is -1.85. The molecular weight excluding hydrogens is 374 g/mol. The minimum atomic E-state index is -0.0297. The lowest BCUT2D eigenvalue weighted by Crippen LogP contribution is -2.57. The van der Waals surface area contributed by atoms with Crippen molar-refractivity contribution in [3.05, 3.63) is 35.4 Å². The van der Waals surface area contributed by atoms with Gasteiger partial charge in [-0.1, -0.05) is 26.0 Å². The smallest absolute Gasteiger partial charge is 0.219 e. The van der Waals surface area contributed by atoms with Crippen molar-refractivity contribution in [2.45, 2.75) is 58.4 Å². The summed E-state index contributed by atoms with van der Waals surface area (Å²) in [6.45, 7) is 11.4. The maximum absolute atomic E-state index is 11.8. The average molecular weight is 412 g/mol. The van der Waals surface area contributed by atoms with Crippen molar-refractivity contribution in [2.24, 2.45) is 5.41 Å². The second kappa shape index (κ2) is 8.35. The van der Waals surface area contributed by atoms with E-state index in [-0.39, 0.29) is 11.4 Å². The van der Waals surface area contributed by atoms with Crippen LogP contribution in [0.4, 0.5) is 5.69 Å². The molecule has 1 aliphatic carbocycles. The number of allylic oxidation sites excluding steroid dienone is 2. The molecule has 164 valence electrons. The molecule has 0 bridgehead atoms. The SMILES string of the molecule is CC(=O)N1CCN(C2(c3ccc(N)c(C4=CCC(C)(C)CC4)c3)CCOCC2)CC1. The zero-order valence-corrected chi connectivity index (χ0v) is 18.9. The van der Waals surface area contributed by atoms with Gasteiger partial charge in [0.05, 0.1) is 5.54 Å². The van der Waals surface area contributed by atoms with E-state index in [0.29, 0.717) is 5.41 Å². The zero-order chi connectivity index (χ0) is 21.4. The van der Waals surface area contributed by atoms with Gasteiger partial charge in [-0.3, -0.25) is 9.69 Å². The minimum absolute atomic E-state index is 0.0297. The molecule has 0 aromatic heterocycles. The van der Waals surface area contributed by atoms with Crippen molar-refractivity contribution < 1.29 is 9.53 Å². The second-order valence-corrected chi connectivity index (χ2v) is 10.0. The molecule has 2 fully saturated rings. The number of benzene rings is 1. The standard InChI is InChI=1S/C25H37N3O2/c1-19(29)27-12-14-28(15-13-27)25(10-16-30-17-11-25)21-4-5-23(26)22(18-21)20-6-8-24(2,3)9-7-20/h4-6,18H,7-17,26H2,1-3H3. The van der Waals surface area contributed by atoms with E-state index in [1.165, 1.54) is 23.1 Å². The van der Waals surface area contributed by atoms with Gasteiger partial charge in [0.1, 0.15) is 0 Å². The van der Waals surface area contributed by atoms with Crippen LogP contribution in [0.5, 0.6) is 0 Å². The van der Waals surface area contributed by atoms with Crippen LogP contribution in [-0.2, 0) is 15.1 Å². The number of rotatable bonds is 3. The Bertz CT molecular complexity index is 816. The van der Waals surface area contributed by atoms with Crippen molar-refractivity contribution in [2.75, 3.05) is 45.1 Å². The lowest BCUT2D eigenvalue weighted by atomic mass is 9.75. The molecule has 0 saturated carbocycles. The highest BCUT2D eigenvalue weighted by atomic mass is 16.5. The first-order valence-corrected chi connectivity index (χ1v) is 11.5. The Labute approximate surface area is 181 Å². The van der Waals surface area contributed by atoms with Crippen LogP contribution < -0.4 is 5.73 Å². The number of carbonyl (C=O) groups excluding carboxylic acids is 1. The van der Waals surface area contributed by atoms with Crippen molar-refractivity contribution >= 4 is 17.2 Å². The van der Waals surface area contributed by atoms with Crippen LogP contribution in [0.15, 0.2) is 24.3 Å². The average Bonchev–Trinajstić information content (AvgIpc) is 2.75. The van der Waals surface area contributed by atoms with Gasteiger partial charge in [-0.15, -0.1) is 0 Å². The molecule has 3 aliphatic rings. The van der Waals surface area contributed by atoms with Gasteiger partial charge in [0.15, 0.2) is 0 Å². The van der Waals surface area contributed by atoms with Crippen molar-refractivity contribution in [1.29, 1.82) is 0 Å². The maximum Gasteiger partial charge on any atom is 0.219 e. The quantitative estimate of drug-likeness (QED) is 0.763. The fourth-order valence-electron chi connectivity index (χ4n) is 5.39. The fourth-order valence-corrected chi connectivity index (χ4v) is 5.39. The third-order valence-electron chi connectivity index (χ3n) is 7.56. The summed E-state index contributed by atoms with van der Waals surface area (Å²) in [6.07, 6.45) is 7.78. The number of carbonyl (C=O) groups is 1. The van der Waals surface area contributed by atoms with Gasteiger partial charge in [-0.05, 0) is 60.8 Å². The van der Waals surface area contributed by atoms with Crippen LogP contribution in [-0.4, -0.2) is 55.1 Å². The molecule has 0 unspecified atom stereocenters. The second-order valence-electron chi connectivity index (χ2n) is 10.0. The van der Waals surface area contributed by atoms with Crippen LogP contribution in [0.2, 0.25) is 0 Å². The number of piperazine rings is 1. The molecule has 30 heavy (non-hydrogen) atoms. The summed E-state index contributed by atoms with van der Waals surface area (Å²) in [5, 5.41) is 0. The van der Waals surface area contributed by atoms with E-state index < -0.39 is 0 Å². The highest BCUT2D eigenvalue weighted by Gasteiger charge is 2.42. The first-order chi connectivity index (χ1) is 14.3. The van der Waals surface area contributed by atoms with Gasteiger partial charge >= 0.3 is 0 Å². The van der Waals surface area contributed by atoms with Gasteiger partial charge in [-0.2, -0.15) is 0 Å². The summed E-state index contributed by atoms with van der Waals surface area (Å²) < 4.78 is 5.76. The number of amides is 1. The summed E-state index contributed by atoms with van der Waals surface area (Å²) in [5.74, 6) is 0.178. The molecule has 2 aliphatic heterocycles. The molecule has 0 atom stereocenters. The summed E-state index contributed by atoms with van der Waals surface area (Å²) in [7, 11) is 0. The van der Waals surface area contributed by atoms with Crippen LogP contribution in [0, 0.1) is 5.41 Å². The van der Waals surface area contributed by atoms with Gasteiger partial charge in [0, 0.05) is 57.6 Å². The highest BCUT2D eigenvalue weighted by molar-refractivity contribution is 5.76. The fraction of sp³-hybridized carbons (Fsp3) is 0.640. The van der Waals surface area contributed by atoms with E-state index in [1.807, 2.05) is 4.90 Å². The van der Waals surface area contributed by atoms with E-state index in [9.17, 15) is 4.79 Å². The Morgan fingerprint density at radius 3 is 2.37 bits per heavy atom. The Balaban J connectivity index is 1.65. The van der Waals surface area contributed by atoms with E-state index in [2.05, 4.69) is 43.0 Å². The third-order valence-corrected chi connectivity index (χ3v) is 7.56. The molecule has 2 heterocycles. The number of nitrogen functional groups attached to an aromatic ring is 1. The highest BCUT2D eigenvalue weighted by Crippen LogP contribution is 2.43. The molecule has 0 spiro atoms. The number of hydrogen-bond donors (Lipinski definition) is 1. The third kappa shape index (κ3) is 4.15. The van der Waals surface area contributed by atoms with Crippen molar-refractivity contribution in [1.82, 2.24) is 9.80 Å². The minimum Gasteiger partial charge on any atom is -0.398 e. The molecule has 5 nitrogen and oxygen atoms in total. The Kier molecular flexibility index (Phi) is 5.95. The summed E-state index contributed by atoms with van der Waals surface area (Å²) in [4.78, 5) is 16.4. The Morgan fingerprint density at radius 1 is 1.07 bits per heavy atom. The predicted octanol–water partition coefficient (Wildman–Crippen LogP) is 4.03. The van der Waals surface area contributed by atoms with Crippen molar-refractivity contribution in [3.63, 3.8) is 0 Å². The van der Waals surface area contributed by atoms with Gasteiger partial charge in [-0.25, -0.2) is 0 Å². The van der Waals surface area contributed by atoms with E-state index in [0.717, 1.165) is 70.8 Å². The first-order valence-electron chi connectivity index (χ1n) is 11.5. The molecule has 1 amide bonds. The monoisotopic (exact) mass is 411 g/mol. The van der Waals surface area contributed by atoms with Crippen LogP contribution >= 0.6 is 0 Å². The molecule has 1 aromatic carbocycles. The number of ether oxygens (including phenoxy) is 1. The first kappa shape index (κ1) is 21.4.